The van der Waals surface area contributed by atoms with Crippen molar-refractivity contribution in [3.63, 3.8) is 0 Å². The number of aromatic nitrogens is 2. The molecule has 26 heavy (non-hydrogen) atoms. The third kappa shape index (κ3) is 3.75. The highest BCUT2D eigenvalue weighted by atomic mass is 16.5. The van der Waals surface area contributed by atoms with Gasteiger partial charge in [-0.1, -0.05) is 32.9 Å². The van der Waals surface area contributed by atoms with Crippen LogP contribution in [-0.4, -0.2) is 16.8 Å². The third-order valence-electron chi connectivity index (χ3n) is 4.51. The Morgan fingerprint density at radius 1 is 1.00 bits per heavy atom. The Hall–Kier alpha value is -2.33. The summed E-state index contributed by atoms with van der Waals surface area (Å²) in [5.41, 5.74) is 4.68. The molecule has 0 fully saturated rings. The van der Waals surface area contributed by atoms with Crippen molar-refractivity contribution in [2.24, 2.45) is 0 Å². The molecule has 1 aromatic heterocycles. The van der Waals surface area contributed by atoms with E-state index in [9.17, 15) is 5.11 Å². The van der Waals surface area contributed by atoms with Gasteiger partial charge in [0.15, 0.2) is 11.0 Å². The molecule has 0 saturated heterocycles. The lowest BCUT2D eigenvalue weighted by atomic mass is 10.0. The van der Waals surface area contributed by atoms with Crippen molar-refractivity contribution >= 4 is 11.0 Å². The normalized spacial score (nSPS) is 10.5. The second-order valence-corrected chi connectivity index (χ2v) is 5.90. The number of fused-ring (bicyclic) bond motifs is 1. The molecule has 4 heteroatoms. The van der Waals surface area contributed by atoms with Gasteiger partial charge in [0.05, 0.1) is 20.2 Å². The molecular weight excluding hydrogens is 324 g/mol. The molecule has 3 rings (SSSR count). The van der Waals surface area contributed by atoms with Gasteiger partial charge in [-0.2, -0.15) is 0 Å². The SMILES string of the molecule is CC.CCC[n+]1c(CO)n(CC)c2cc(-c3ccc(OC)cc3)ccc21. The highest BCUT2D eigenvalue weighted by Crippen LogP contribution is 2.26. The van der Waals surface area contributed by atoms with E-state index in [2.05, 4.69) is 53.3 Å². The van der Waals surface area contributed by atoms with E-state index < -0.39 is 0 Å². The van der Waals surface area contributed by atoms with Crippen LogP contribution in [-0.2, 0) is 19.7 Å². The van der Waals surface area contributed by atoms with E-state index >= 15 is 0 Å². The number of imidazole rings is 1. The summed E-state index contributed by atoms with van der Waals surface area (Å²) in [6, 6.07) is 14.6. The molecule has 0 unspecified atom stereocenters. The van der Waals surface area contributed by atoms with Gasteiger partial charge in [0.1, 0.15) is 12.4 Å². The summed E-state index contributed by atoms with van der Waals surface area (Å²) in [7, 11) is 1.68. The molecule has 0 radical (unpaired) electrons. The van der Waals surface area contributed by atoms with Gasteiger partial charge >= 0.3 is 0 Å². The van der Waals surface area contributed by atoms with Gasteiger partial charge in [-0.25, -0.2) is 9.13 Å². The van der Waals surface area contributed by atoms with E-state index in [0.717, 1.165) is 36.6 Å². The van der Waals surface area contributed by atoms with E-state index in [1.54, 1.807) is 7.11 Å². The first-order valence-electron chi connectivity index (χ1n) is 9.53. The predicted molar refractivity (Wildman–Crippen MR) is 107 cm³/mol. The van der Waals surface area contributed by atoms with Gasteiger partial charge < -0.3 is 9.84 Å². The van der Waals surface area contributed by atoms with Crippen LogP contribution in [0, 0.1) is 0 Å². The summed E-state index contributed by atoms with van der Waals surface area (Å²) in [5, 5.41) is 9.85. The summed E-state index contributed by atoms with van der Waals surface area (Å²) in [5.74, 6) is 1.83. The Morgan fingerprint density at radius 2 is 1.65 bits per heavy atom. The van der Waals surface area contributed by atoms with Gasteiger partial charge in [-0.3, -0.25) is 0 Å². The first-order chi connectivity index (χ1) is 12.7. The summed E-state index contributed by atoms with van der Waals surface area (Å²) < 4.78 is 9.68. The summed E-state index contributed by atoms with van der Waals surface area (Å²) in [6.07, 6.45) is 1.04. The van der Waals surface area contributed by atoms with Crippen molar-refractivity contribution in [2.75, 3.05) is 7.11 Å². The molecule has 0 bridgehead atoms. The summed E-state index contributed by atoms with van der Waals surface area (Å²) >= 11 is 0. The second-order valence-electron chi connectivity index (χ2n) is 5.90. The number of aliphatic hydroxyl groups excluding tert-OH is 1. The van der Waals surface area contributed by atoms with Gasteiger partial charge in [0.2, 0.25) is 0 Å². The van der Waals surface area contributed by atoms with Crippen LogP contribution in [0.5, 0.6) is 5.75 Å². The molecule has 0 atom stereocenters. The Balaban J connectivity index is 0.00000117. The van der Waals surface area contributed by atoms with Gasteiger partial charge in [-0.15, -0.1) is 0 Å². The van der Waals surface area contributed by atoms with E-state index in [1.807, 2.05) is 26.0 Å². The van der Waals surface area contributed by atoms with Crippen LogP contribution in [0.2, 0.25) is 0 Å². The minimum atomic E-state index is 0.0559. The van der Waals surface area contributed by atoms with Crippen molar-refractivity contribution in [1.29, 1.82) is 0 Å². The van der Waals surface area contributed by atoms with Crippen LogP contribution in [0.15, 0.2) is 42.5 Å². The molecule has 0 aliphatic rings. The number of hydrogen-bond donors (Lipinski definition) is 1. The molecule has 0 amide bonds. The highest BCUT2D eigenvalue weighted by Gasteiger charge is 2.23. The van der Waals surface area contributed by atoms with Crippen molar-refractivity contribution in [1.82, 2.24) is 4.57 Å². The number of nitrogens with zero attached hydrogens (tertiary/aromatic N) is 2. The number of methoxy groups -OCH3 is 1. The van der Waals surface area contributed by atoms with Crippen molar-refractivity contribution < 1.29 is 14.4 Å². The molecule has 1 N–H and O–H groups in total. The summed E-state index contributed by atoms with van der Waals surface area (Å²) in [4.78, 5) is 0. The van der Waals surface area contributed by atoms with Gasteiger partial charge in [0.25, 0.3) is 5.82 Å². The average Bonchev–Trinajstić information content (AvgIpc) is 3.01. The van der Waals surface area contributed by atoms with Gasteiger partial charge in [0, 0.05) is 0 Å². The monoisotopic (exact) mass is 355 g/mol. The zero-order valence-corrected chi connectivity index (χ0v) is 16.6. The van der Waals surface area contributed by atoms with Crippen LogP contribution in [0.25, 0.3) is 22.2 Å². The van der Waals surface area contributed by atoms with Crippen LogP contribution >= 0.6 is 0 Å². The van der Waals surface area contributed by atoms with Crippen LogP contribution in [0.4, 0.5) is 0 Å². The Bertz CT molecular complexity index is 835. The second kappa shape index (κ2) is 9.39. The highest BCUT2D eigenvalue weighted by molar-refractivity contribution is 5.80. The fraction of sp³-hybridized carbons (Fsp3) is 0.409. The van der Waals surface area contributed by atoms with Gasteiger partial charge in [-0.05, 0) is 54.8 Å². The van der Waals surface area contributed by atoms with Crippen LogP contribution in [0.3, 0.4) is 0 Å². The molecule has 0 aliphatic carbocycles. The maximum absolute atomic E-state index is 9.85. The fourth-order valence-electron chi connectivity index (χ4n) is 3.35. The topological polar surface area (TPSA) is 38.3 Å². The van der Waals surface area contributed by atoms with Crippen molar-refractivity contribution in [2.45, 2.75) is 53.8 Å². The molecule has 3 aromatic rings. The molecule has 1 heterocycles. The van der Waals surface area contributed by atoms with E-state index in [1.165, 1.54) is 16.6 Å². The number of aliphatic hydroxyl groups is 1. The van der Waals surface area contributed by atoms with Crippen molar-refractivity contribution in [3.8, 4) is 16.9 Å². The minimum absolute atomic E-state index is 0.0559. The largest absolute Gasteiger partial charge is 0.497 e. The first-order valence-corrected chi connectivity index (χ1v) is 9.53. The van der Waals surface area contributed by atoms with Crippen molar-refractivity contribution in [3.05, 3.63) is 48.3 Å². The predicted octanol–water partition coefficient (Wildman–Crippen LogP) is 4.55. The standard InChI is InChI=1S/C20H25N2O2.C2H6/c1-4-12-22-18-11-8-16(15-6-9-17(24-3)10-7-15)13-19(18)21(5-2)20(22)14-23;1-2/h6-11,13,23H,4-5,12,14H2,1-3H3;1-2H3/q+1;. The molecule has 0 aliphatic heterocycles. The van der Waals surface area contributed by atoms with E-state index in [4.69, 9.17) is 4.74 Å². The minimum Gasteiger partial charge on any atom is -0.497 e. The van der Waals surface area contributed by atoms with Crippen LogP contribution in [0.1, 0.15) is 39.9 Å². The smallest absolute Gasteiger partial charge is 0.283 e. The third-order valence-corrected chi connectivity index (χ3v) is 4.51. The first kappa shape index (κ1) is 20.0. The molecule has 4 nitrogen and oxygen atoms in total. The quantitative estimate of drug-likeness (QED) is 0.659. The maximum atomic E-state index is 9.85. The van der Waals surface area contributed by atoms with Crippen LogP contribution < -0.4 is 9.30 Å². The molecule has 140 valence electrons. The zero-order chi connectivity index (χ0) is 19.1. The molecular formula is C22H31N2O2+. The molecule has 0 saturated carbocycles. The number of benzene rings is 2. The Labute approximate surface area is 156 Å². The lowest BCUT2D eigenvalue weighted by molar-refractivity contribution is -0.681. The maximum Gasteiger partial charge on any atom is 0.283 e. The number of aryl methyl sites for hydroxylation is 2. The zero-order valence-electron chi connectivity index (χ0n) is 16.6. The number of ether oxygens (including phenoxy) is 1. The van der Waals surface area contributed by atoms with E-state index in [-0.39, 0.29) is 6.61 Å². The lowest BCUT2D eigenvalue weighted by Gasteiger charge is -2.04. The Kier molecular flexibility index (Phi) is 7.22. The van der Waals surface area contributed by atoms with E-state index in [0.29, 0.717) is 0 Å². The fourth-order valence-corrected chi connectivity index (χ4v) is 3.35. The Morgan fingerprint density at radius 3 is 2.19 bits per heavy atom. The average molecular weight is 356 g/mol. The number of hydrogen-bond acceptors (Lipinski definition) is 2. The molecule has 2 aromatic carbocycles. The number of rotatable bonds is 6. The summed E-state index contributed by atoms with van der Waals surface area (Å²) in [6.45, 7) is 10.1. The lowest BCUT2D eigenvalue weighted by Crippen LogP contribution is -2.37. The molecule has 0 spiro atoms.